The average molecular weight is 310 g/mol. The Hall–Kier alpha value is -2.43. The zero-order valence-electron chi connectivity index (χ0n) is 13.4. The summed E-state index contributed by atoms with van der Waals surface area (Å²) in [6, 6.07) is 7.86. The van der Waals surface area contributed by atoms with Crippen LogP contribution in [0.3, 0.4) is 0 Å². The maximum Gasteiger partial charge on any atom is 0.270 e. The van der Waals surface area contributed by atoms with Gasteiger partial charge in [-0.2, -0.15) is 0 Å². The maximum atomic E-state index is 12.2. The number of nitrogens with one attached hydrogen (secondary N) is 1. The van der Waals surface area contributed by atoms with Gasteiger partial charge in [0, 0.05) is 43.9 Å². The van der Waals surface area contributed by atoms with Crippen molar-refractivity contribution in [2.24, 2.45) is 5.92 Å². The second-order valence-electron chi connectivity index (χ2n) is 6.01. The second kappa shape index (κ2) is 7.22. The standard InChI is InChI=1S/C18H22N4O/c1-14-3-2-8-20-17(14)18(23)21-13-15-6-11-22(12-7-15)16-4-9-19-10-5-16/h2-5,8-10,15H,6-7,11-13H2,1H3,(H,21,23). The molecule has 0 aliphatic carbocycles. The second-order valence-corrected chi connectivity index (χ2v) is 6.01. The summed E-state index contributed by atoms with van der Waals surface area (Å²) in [6.45, 7) is 4.68. The Labute approximate surface area is 136 Å². The fourth-order valence-corrected chi connectivity index (χ4v) is 2.99. The summed E-state index contributed by atoms with van der Waals surface area (Å²) < 4.78 is 0. The van der Waals surface area contributed by atoms with E-state index in [-0.39, 0.29) is 5.91 Å². The number of carbonyl (C=O) groups is 1. The lowest BCUT2D eigenvalue weighted by molar-refractivity contribution is 0.0939. The van der Waals surface area contributed by atoms with Gasteiger partial charge >= 0.3 is 0 Å². The van der Waals surface area contributed by atoms with Gasteiger partial charge in [0.1, 0.15) is 5.69 Å². The van der Waals surface area contributed by atoms with Gasteiger partial charge in [0.05, 0.1) is 0 Å². The number of aryl methyl sites for hydroxylation is 1. The van der Waals surface area contributed by atoms with E-state index in [4.69, 9.17) is 0 Å². The van der Waals surface area contributed by atoms with Crippen molar-refractivity contribution in [2.45, 2.75) is 19.8 Å². The smallest absolute Gasteiger partial charge is 0.270 e. The summed E-state index contributed by atoms with van der Waals surface area (Å²) in [5, 5.41) is 3.03. The molecular formula is C18H22N4O. The maximum absolute atomic E-state index is 12.2. The number of carbonyl (C=O) groups excluding carboxylic acids is 1. The summed E-state index contributed by atoms with van der Waals surface area (Å²) in [7, 11) is 0. The van der Waals surface area contributed by atoms with Crippen LogP contribution in [0.1, 0.15) is 28.9 Å². The number of amides is 1. The topological polar surface area (TPSA) is 58.1 Å². The summed E-state index contributed by atoms with van der Waals surface area (Å²) >= 11 is 0. The highest BCUT2D eigenvalue weighted by atomic mass is 16.1. The first kappa shape index (κ1) is 15.5. The molecule has 1 N–H and O–H groups in total. The van der Waals surface area contributed by atoms with Crippen LogP contribution in [0, 0.1) is 12.8 Å². The molecule has 23 heavy (non-hydrogen) atoms. The quantitative estimate of drug-likeness (QED) is 0.942. The molecule has 120 valence electrons. The lowest BCUT2D eigenvalue weighted by atomic mass is 9.96. The zero-order chi connectivity index (χ0) is 16.1. The van der Waals surface area contributed by atoms with E-state index in [1.54, 1.807) is 6.20 Å². The van der Waals surface area contributed by atoms with E-state index in [2.05, 4.69) is 20.2 Å². The highest BCUT2D eigenvalue weighted by molar-refractivity contribution is 5.93. The average Bonchev–Trinajstić information content (AvgIpc) is 2.61. The number of nitrogens with zero attached hydrogens (tertiary/aromatic N) is 3. The largest absolute Gasteiger partial charge is 0.371 e. The Morgan fingerprint density at radius 2 is 1.96 bits per heavy atom. The van der Waals surface area contributed by atoms with E-state index in [1.807, 2.05) is 43.6 Å². The molecule has 0 aromatic carbocycles. The zero-order valence-corrected chi connectivity index (χ0v) is 13.4. The third-order valence-corrected chi connectivity index (χ3v) is 4.42. The minimum absolute atomic E-state index is 0.0698. The van der Waals surface area contributed by atoms with E-state index in [0.717, 1.165) is 38.0 Å². The van der Waals surface area contributed by atoms with E-state index in [1.165, 1.54) is 5.69 Å². The Kier molecular flexibility index (Phi) is 4.86. The summed E-state index contributed by atoms with van der Waals surface area (Å²) in [5.41, 5.74) is 2.67. The lowest BCUT2D eigenvalue weighted by Gasteiger charge is -2.33. The monoisotopic (exact) mass is 310 g/mol. The summed E-state index contributed by atoms with van der Waals surface area (Å²) in [6.07, 6.45) is 7.50. The highest BCUT2D eigenvalue weighted by Gasteiger charge is 2.20. The predicted molar refractivity (Wildman–Crippen MR) is 90.5 cm³/mol. The molecule has 3 rings (SSSR count). The molecule has 5 heteroatoms. The molecule has 0 atom stereocenters. The van der Waals surface area contributed by atoms with Gasteiger partial charge in [-0.3, -0.25) is 14.8 Å². The third-order valence-electron chi connectivity index (χ3n) is 4.42. The van der Waals surface area contributed by atoms with E-state index >= 15 is 0 Å². The van der Waals surface area contributed by atoms with Crippen LogP contribution in [0.15, 0.2) is 42.9 Å². The summed E-state index contributed by atoms with van der Waals surface area (Å²) in [4.78, 5) is 22.8. The first-order valence-corrected chi connectivity index (χ1v) is 8.09. The van der Waals surface area contributed by atoms with Crippen LogP contribution in [0.2, 0.25) is 0 Å². The van der Waals surface area contributed by atoms with Crippen LogP contribution in [0.4, 0.5) is 5.69 Å². The van der Waals surface area contributed by atoms with Crippen molar-refractivity contribution < 1.29 is 4.79 Å². The van der Waals surface area contributed by atoms with Crippen molar-refractivity contribution in [2.75, 3.05) is 24.5 Å². The number of aromatic nitrogens is 2. The fraction of sp³-hybridized carbons (Fsp3) is 0.389. The normalized spacial score (nSPS) is 15.4. The molecule has 0 radical (unpaired) electrons. The molecule has 2 aromatic rings. The first-order valence-electron chi connectivity index (χ1n) is 8.09. The molecule has 0 saturated carbocycles. The lowest BCUT2D eigenvalue weighted by Crippen LogP contribution is -2.39. The van der Waals surface area contributed by atoms with Crippen LogP contribution in [-0.2, 0) is 0 Å². The number of hydrogen-bond donors (Lipinski definition) is 1. The SMILES string of the molecule is Cc1cccnc1C(=O)NCC1CCN(c2ccncc2)CC1. The molecule has 0 bridgehead atoms. The predicted octanol–water partition coefficient (Wildman–Crippen LogP) is 2.43. The number of rotatable bonds is 4. The molecule has 1 saturated heterocycles. The van der Waals surface area contributed by atoms with Gasteiger partial charge in [0.15, 0.2) is 0 Å². The van der Waals surface area contributed by atoms with Crippen LogP contribution < -0.4 is 10.2 Å². The molecule has 1 amide bonds. The molecule has 2 aromatic heterocycles. The minimum Gasteiger partial charge on any atom is -0.371 e. The number of hydrogen-bond acceptors (Lipinski definition) is 4. The molecule has 1 fully saturated rings. The van der Waals surface area contributed by atoms with Gasteiger partial charge in [-0.05, 0) is 49.4 Å². The van der Waals surface area contributed by atoms with Crippen LogP contribution in [-0.4, -0.2) is 35.5 Å². The molecule has 0 unspecified atom stereocenters. The molecule has 1 aliphatic rings. The van der Waals surface area contributed by atoms with Crippen molar-refractivity contribution in [1.29, 1.82) is 0 Å². The molecule has 1 aliphatic heterocycles. The first-order chi connectivity index (χ1) is 11.2. The van der Waals surface area contributed by atoms with Gasteiger partial charge in [0.25, 0.3) is 5.91 Å². The van der Waals surface area contributed by atoms with E-state index in [0.29, 0.717) is 11.6 Å². The Balaban J connectivity index is 1.48. The van der Waals surface area contributed by atoms with Crippen molar-refractivity contribution in [3.63, 3.8) is 0 Å². The van der Waals surface area contributed by atoms with Gasteiger partial charge in [0.2, 0.25) is 0 Å². The Bertz CT molecular complexity index is 651. The van der Waals surface area contributed by atoms with Gasteiger partial charge < -0.3 is 10.2 Å². The van der Waals surface area contributed by atoms with Crippen molar-refractivity contribution in [3.05, 3.63) is 54.1 Å². The molecule has 0 spiro atoms. The highest BCUT2D eigenvalue weighted by Crippen LogP contribution is 2.22. The van der Waals surface area contributed by atoms with Crippen LogP contribution in [0.25, 0.3) is 0 Å². The van der Waals surface area contributed by atoms with Gasteiger partial charge in [-0.1, -0.05) is 6.07 Å². The van der Waals surface area contributed by atoms with E-state index in [9.17, 15) is 4.79 Å². The fourth-order valence-electron chi connectivity index (χ4n) is 2.99. The molecule has 3 heterocycles. The Morgan fingerprint density at radius 3 is 2.65 bits per heavy atom. The van der Waals surface area contributed by atoms with Crippen molar-refractivity contribution >= 4 is 11.6 Å². The number of anilines is 1. The van der Waals surface area contributed by atoms with Crippen LogP contribution >= 0.6 is 0 Å². The Morgan fingerprint density at radius 1 is 1.22 bits per heavy atom. The van der Waals surface area contributed by atoms with Crippen LogP contribution in [0.5, 0.6) is 0 Å². The van der Waals surface area contributed by atoms with E-state index < -0.39 is 0 Å². The third kappa shape index (κ3) is 3.86. The minimum atomic E-state index is -0.0698. The summed E-state index contributed by atoms with van der Waals surface area (Å²) in [5.74, 6) is 0.459. The van der Waals surface area contributed by atoms with Gasteiger partial charge in [-0.25, -0.2) is 0 Å². The van der Waals surface area contributed by atoms with Crippen molar-refractivity contribution in [1.82, 2.24) is 15.3 Å². The number of pyridine rings is 2. The number of piperidine rings is 1. The molecule has 5 nitrogen and oxygen atoms in total. The van der Waals surface area contributed by atoms with Gasteiger partial charge in [-0.15, -0.1) is 0 Å². The van der Waals surface area contributed by atoms with Crippen molar-refractivity contribution in [3.8, 4) is 0 Å². The molecular weight excluding hydrogens is 288 g/mol.